The first-order valence-corrected chi connectivity index (χ1v) is 10.0. The van der Waals surface area contributed by atoms with Gasteiger partial charge in [-0.3, -0.25) is 0 Å². The van der Waals surface area contributed by atoms with E-state index in [0.717, 1.165) is 49.5 Å². The Morgan fingerprint density at radius 2 is 1.11 bits per heavy atom. The van der Waals surface area contributed by atoms with E-state index >= 15 is 0 Å². The second-order valence-electron chi connectivity index (χ2n) is 6.63. The molecule has 0 saturated heterocycles. The minimum Gasteiger partial charge on any atom is -0.395 e. The summed E-state index contributed by atoms with van der Waals surface area (Å²) in [7, 11) is 0. The standard InChI is InChI=1S/C22H34N4O/c1-4-15-26(16-5-2)22-13-9-20(10-14-22)24-23-19-7-11-21(12-8-19)25(6-3)17-18-27/h7-14,23-24,27H,4-6,15-18H2,1-3H3. The summed E-state index contributed by atoms with van der Waals surface area (Å²) in [4.78, 5) is 4.58. The smallest absolute Gasteiger partial charge is 0.0606 e. The number of aliphatic hydroxyl groups excluding tert-OH is 1. The van der Waals surface area contributed by atoms with Gasteiger partial charge in [-0.05, 0) is 68.3 Å². The molecule has 0 aromatic heterocycles. The lowest BCUT2D eigenvalue weighted by Gasteiger charge is -2.24. The van der Waals surface area contributed by atoms with E-state index < -0.39 is 0 Å². The van der Waals surface area contributed by atoms with Crippen LogP contribution in [0, 0.1) is 0 Å². The van der Waals surface area contributed by atoms with Crippen molar-refractivity contribution in [3.05, 3.63) is 48.5 Å². The molecule has 5 heteroatoms. The predicted molar refractivity (Wildman–Crippen MR) is 118 cm³/mol. The minimum atomic E-state index is 0.166. The second-order valence-corrected chi connectivity index (χ2v) is 6.63. The van der Waals surface area contributed by atoms with Gasteiger partial charge in [0.2, 0.25) is 0 Å². The average Bonchev–Trinajstić information content (AvgIpc) is 2.71. The summed E-state index contributed by atoms with van der Waals surface area (Å²) in [6.45, 7) is 10.4. The molecule has 0 saturated carbocycles. The van der Waals surface area contributed by atoms with Gasteiger partial charge < -0.3 is 25.8 Å². The molecular formula is C22H34N4O. The van der Waals surface area contributed by atoms with Crippen molar-refractivity contribution in [2.45, 2.75) is 33.6 Å². The van der Waals surface area contributed by atoms with Crippen LogP contribution in [0.4, 0.5) is 22.7 Å². The van der Waals surface area contributed by atoms with Gasteiger partial charge >= 0.3 is 0 Å². The van der Waals surface area contributed by atoms with Crippen molar-refractivity contribution in [1.29, 1.82) is 0 Å². The van der Waals surface area contributed by atoms with E-state index in [1.807, 2.05) is 12.1 Å². The Labute approximate surface area is 164 Å². The van der Waals surface area contributed by atoms with Crippen molar-refractivity contribution in [1.82, 2.24) is 0 Å². The first kappa shape index (κ1) is 20.9. The van der Waals surface area contributed by atoms with Crippen LogP contribution in [0.2, 0.25) is 0 Å². The molecule has 0 aliphatic carbocycles. The van der Waals surface area contributed by atoms with Crippen molar-refractivity contribution in [2.75, 3.05) is 53.4 Å². The summed E-state index contributed by atoms with van der Waals surface area (Å²) in [6.07, 6.45) is 2.32. The number of likely N-dealkylation sites (N-methyl/N-ethyl adjacent to an activating group) is 1. The Kier molecular flexibility index (Phi) is 8.78. The molecule has 27 heavy (non-hydrogen) atoms. The first-order valence-electron chi connectivity index (χ1n) is 10.0. The first-order chi connectivity index (χ1) is 13.2. The molecule has 0 fully saturated rings. The van der Waals surface area contributed by atoms with Crippen LogP contribution in [0.3, 0.4) is 0 Å². The van der Waals surface area contributed by atoms with Gasteiger partial charge in [0, 0.05) is 37.6 Å². The maximum atomic E-state index is 9.14. The normalized spacial score (nSPS) is 10.5. The van der Waals surface area contributed by atoms with E-state index in [1.165, 1.54) is 5.69 Å². The number of nitrogens with one attached hydrogen (secondary N) is 2. The predicted octanol–water partition coefficient (Wildman–Crippen LogP) is 4.57. The third-order valence-corrected chi connectivity index (χ3v) is 4.55. The Balaban J connectivity index is 1.92. The Morgan fingerprint density at radius 3 is 1.48 bits per heavy atom. The highest BCUT2D eigenvalue weighted by Crippen LogP contribution is 2.20. The molecule has 0 radical (unpaired) electrons. The van der Waals surface area contributed by atoms with Crippen molar-refractivity contribution in [2.24, 2.45) is 0 Å². The number of benzene rings is 2. The number of hydrazine groups is 1. The summed E-state index contributed by atoms with van der Waals surface area (Å²) in [5.74, 6) is 0. The fourth-order valence-electron chi connectivity index (χ4n) is 3.16. The highest BCUT2D eigenvalue weighted by Gasteiger charge is 2.05. The zero-order chi connectivity index (χ0) is 19.5. The van der Waals surface area contributed by atoms with Crippen molar-refractivity contribution in [3.8, 4) is 0 Å². The summed E-state index contributed by atoms with van der Waals surface area (Å²) >= 11 is 0. The van der Waals surface area contributed by atoms with Crippen LogP contribution in [-0.4, -0.2) is 37.9 Å². The van der Waals surface area contributed by atoms with Gasteiger partial charge in [0.25, 0.3) is 0 Å². The molecule has 0 bridgehead atoms. The zero-order valence-corrected chi connectivity index (χ0v) is 16.9. The van der Waals surface area contributed by atoms with Gasteiger partial charge in [-0.2, -0.15) is 0 Å². The van der Waals surface area contributed by atoms with Crippen LogP contribution in [0.5, 0.6) is 0 Å². The highest BCUT2D eigenvalue weighted by molar-refractivity contribution is 5.60. The Morgan fingerprint density at radius 1 is 0.667 bits per heavy atom. The number of nitrogens with zero attached hydrogens (tertiary/aromatic N) is 2. The number of aliphatic hydroxyl groups is 1. The fourth-order valence-corrected chi connectivity index (χ4v) is 3.16. The zero-order valence-electron chi connectivity index (χ0n) is 16.9. The van der Waals surface area contributed by atoms with E-state index in [0.29, 0.717) is 6.54 Å². The van der Waals surface area contributed by atoms with Crippen molar-refractivity contribution in [3.63, 3.8) is 0 Å². The van der Waals surface area contributed by atoms with E-state index in [4.69, 9.17) is 5.11 Å². The molecular weight excluding hydrogens is 336 g/mol. The molecule has 5 nitrogen and oxygen atoms in total. The van der Waals surface area contributed by atoms with Crippen molar-refractivity contribution >= 4 is 22.7 Å². The van der Waals surface area contributed by atoms with Gasteiger partial charge in [0.15, 0.2) is 0 Å². The van der Waals surface area contributed by atoms with E-state index in [9.17, 15) is 0 Å². The van der Waals surface area contributed by atoms with Gasteiger partial charge in [-0.15, -0.1) is 0 Å². The van der Waals surface area contributed by atoms with Crippen LogP contribution >= 0.6 is 0 Å². The highest BCUT2D eigenvalue weighted by atomic mass is 16.3. The molecule has 148 valence electrons. The SMILES string of the molecule is CCCN(CCC)c1ccc(NNc2ccc(N(CC)CCO)cc2)cc1. The molecule has 0 aliphatic heterocycles. The lowest BCUT2D eigenvalue weighted by Crippen LogP contribution is -2.26. The molecule has 0 amide bonds. The number of hydrogen-bond donors (Lipinski definition) is 3. The topological polar surface area (TPSA) is 50.8 Å². The summed E-state index contributed by atoms with van der Waals surface area (Å²) < 4.78 is 0. The van der Waals surface area contributed by atoms with Crippen LogP contribution in [0.1, 0.15) is 33.6 Å². The van der Waals surface area contributed by atoms with Gasteiger partial charge in [-0.1, -0.05) is 13.8 Å². The lowest BCUT2D eigenvalue weighted by molar-refractivity contribution is 0.302. The van der Waals surface area contributed by atoms with Gasteiger partial charge in [0.1, 0.15) is 0 Å². The van der Waals surface area contributed by atoms with Crippen molar-refractivity contribution < 1.29 is 5.11 Å². The molecule has 0 unspecified atom stereocenters. The van der Waals surface area contributed by atoms with E-state index in [-0.39, 0.29) is 6.61 Å². The van der Waals surface area contributed by atoms with E-state index in [1.54, 1.807) is 0 Å². The number of anilines is 4. The van der Waals surface area contributed by atoms with Gasteiger partial charge in [-0.25, -0.2) is 0 Å². The summed E-state index contributed by atoms with van der Waals surface area (Å²) in [5.41, 5.74) is 10.9. The van der Waals surface area contributed by atoms with Crippen LogP contribution in [0.25, 0.3) is 0 Å². The summed E-state index contributed by atoms with van der Waals surface area (Å²) in [5, 5.41) is 9.14. The van der Waals surface area contributed by atoms with Crippen LogP contribution in [0.15, 0.2) is 48.5 Å². The molecule has 2 aromatic carbocycles. The van der Waals surface area contributed by atoms with Crippen LogP contribution < -0.4 is 20.7 Å². The molecule has 0 spiro atoms. The monoisotopic (exact) mass is 370 g/mol. The maximum absolute atomic E-state index is 9.14. The lowest BCUT2D eigenvalue weighted by atomic mass is 10.2. The molecule has 2 rings (SSSR count). The fraction of sp³-hybridized carbons (Fsp3) is 0.455. The third kappa shape index (κ3) is 6.36. The maximum Gasteiger partial charge on any atom is 0.0606 e. The largest absolute Gasteiger partial charge is 0.395 e. The molecule has 0 heterocycles. The molecule has 2 aromatic rings. The number of hydrogen-bond acceptors (Lipinski definition) is 5. The Bertz CT molecular complexity index is 636. The minimum absolute atomic E-state index is 0.166. The van der Waals surface area contributed by atoms with Gasteiger partial charge in [0.05, 0.1) is 18.0 Å². The van der Waals surface area contributed by atoms with Crippen LogP contribution in [-0.2, 0) is 0 Å². The number of rotatable bonds is 12. The molecule has 0 atom stereocenters. The molecule has 0 aliphatic rings. The Hall–Kier alpha value is -2.40. The summed E-state index contributed by atoms with van der Waals surface area (Å²) in [6, 6.07) is 16.8. The van der Waals surface area contributed by atoms with E-state index in [2.05, 4.69) is 77.8 Å². The quantitative estimate of drug-likeness (QED) is 0.478. The molecule has 3 N–H and O–H groups in total. The third-order valence-electron chi connectivity index (χ3n) is 4.55. The average molecular weight is 371 g/mol. The second kappa shape index (κ2) is 11.3.